The van der Waals surface area contributed by atoms with Crippen LogP contribution in [0.1, 0.15) is 40.9 Å². The normalized spacial score (nSPS) is 18.6. The highest BCUT2D eigenvalue weighted by Crippen LogP contribution is 2.27. The number of hydrogen-bond donors (Lipinski definition) is 0. The van der Waals surface area contributed by atoms with Gasteiger partial charge in [0.2, 0.25) is 0 Å². The Morgan fingerprint density at radius 1 is 1.32 bits per heavy atom. The van der Waals surface area contributed by atoms with Gasteiger partial charge in [-0.15, -0.1) is 0 Å². The molecule has 1 aliphatic rings. The lowest BCUT2D eigenvalue weighted by Gasteiger charge is -2.27. The molecule has 4 heteroatoms. The van der Waals surface area contributed by atoms with Gasteiger partial charge in [0.1, 0.15) is 5.58 Å². The topological polar surface area (TPSA) is 42.7 Å². The Hall–Kier alpha value is -1.81. The smallest absolute Gasteiger partial charge is 0.289 e. The van der Waals surface area contributed by atoms with Crippen LogP contribution >= 0.6 is 0 Å². The average Bonchev–Trinajstić information content (AvgIpc) is 2.84. The van der Waals surface area contributed by atoms with E-state index in [0.29, 0.717) is 12.3 Å². The number of aryl methyl sites for hydroxylation is 2. The van der Waals surface area contributed by atoms with Crippen LogP contribution in [0, 0.1) is 13.8 Å². The molecular weight excluding hydrogens is 278 g/mol. The van der Waals surface area contributed by atoms with Gasteiger partial charge in [0.05, 0.1) is 6.10 Å². The molecular formula is C18H23NO3. The van der Waals surface area contributed by atoms with Crippen molar-refractivity contribution in [2.24, 2.45) is 0 Å². The second-order valence-electron chi connectivity index (χ2n) is 6.23. The number of rotatable bonds is 3. The van der Waals surface area contributed by atoms with Crippen molar-refractivity contribution >= 4 is 16.9 Å². The maximum absolute atomic E-state index is 12.7. The maximum atomic E-state index is 12.7. The predicted octanol–water partition coefficient (Wildman–Crippen LogP) is 3.69. The van der Waals surface area contributed by atoms with E-state index >= 15 is 0 Å². The summed E-state index contributed by atoms with van der Waals surface area (Å²) >= 11 is 0. The minimum Gasteiger partial charge on any atom is -0.451 e. The van der Waals surface area contributed by atoms with E-state index in [2.05, 4.69) is 6.07 Å². The Bertz CT molecular complexity index is 683. The highest BCUT2D eigenvalue weighted by atomic mass is 16.5. The van der Waals surface area contributed by atoms with Crippen LogP contribution in [0.5, 0.6) is 0 Å². The number of carbonyl (C=O) groups is 1. The minimum absolute atomic E-state index is 0.0690. The molecule has 2 aromatic rings. The van der Waals surface area contributed by atoms with Crippen LogP contribution in [0.3, 0.4) is 0 Å². The van der Waals surface area contributed by atoms with Crippen LogP contribution in [0.25, 0.3) is 11.0 Å². The van der Waals surface area contributed by atoms with Crippen molar-refractivity contribution in [3.05, 3.63) is 35.1 Å². The molecule has 1 aromatic carbocycles. The molecule has 1 aliphatic heterocycles. The number of likely N-dealkylation sites (N-methyl/N-ethyl adjacent to an activating group) is 1. The van der Waals surface area contributed by atoms with Crippen LogP contribution in [-0.4, -0.2) is 37.1 Å². The Morgan fingerprint density at radius 2 is 2.14 bits per heavy atom. The SMILES string of the molecule is Cc1ccc2oc(C(=O)N(C)CC3CCCCO3)c(C)c2c1. The summed E-state index contributed by atoms with van der Waals surface area (Å²) < 4.78 is 11.5. The second-order valence-corrected chi connectivity index (χ2v) is 6.23. The predicted molar refractivity (Wildman–Crippen MR) is 86.2 cm³/mol. The van der Waals surface area contributed by atoms with Gasteiger partial charge in [-0.1, -0.05) is 11.6 Å². The molecule has 0 aliphatic carbocycles. The molecule has 22 heavy (non-hydrogen) atoms. The molecule has 0 spiro atoms. The number of furan rings is 1. The van der Waals surface area contributed by atoms with E-state index in [-0.39, 0.29) is 12.0 Å². The standard InChI is InChI=1S/C18H23NO3/c1-12-7-8-16-15(10-12)13(2)17(22-16)18(20)19(3)11-14-6-4-5-9-21-14/h7-8,10,14H,4-6,9,11H2,1-3H3. The van der Waals surface area contributed by atoms with Gasteiger partial charge in [-0.05, 0) is 45.2 Å². The first kappa shape index (κ1) is 15.1. The third-order valence-electron chi connectivity index (χ3n) is 4.38. The minimum atomic E-state index is -0.0690. The number of ether oxygens (including phenoxy) is 1. The van der Waals surface area contributed by atoms with Crippen molar-refractivity contribution in [3.63, 3.8) is 0 Å². The number of carbonyl (C=O) groups excluding carboxylic acids is 1. The molecule has 0 bridgehead atoms. The number of hydrogen-bond acceptors (Lipinski definition) is 3. The van der Waals surface area contributed by atoms with Gasteiger partial charge >= 0.3 is 0 Å². The zero-order valence-corrected chi connectivity index (χ0v) is 13.5. The van der Waals surface area contributed by atoms with Gasteiger partial charge in [0.15, 0.2) is 5.76 Å². The van der Waals surface area contributed by atoms with Crippen molar-refractivity contribution in [2.75, 3.05) is 20.2 Å². The summed E-state index contributed by atoms with van der Waals surface area (Å²) in [5.41, 5.74) is 2.85. The molecule has 0 saturated carbocycles. The van der Waals surface area contributed by atoms with Crippen molar-refractivity contribution < 1.29 is 13.9 Å². The molecule has 118 valence electrons. The van der Waals surface area contributed by atoms with Gasteiger partial charge in [0.25, 0.3) is 5.91 Å². The van der Waals surface area contributed by atoms with Crippen molar-refractivity contribution in [1.29, 1.82) is 0 Å². The molecule has 2 heterocycles. The summed E-state index contributed by atoms with van der Waals surface area (Å²) in [5.74, 6) is 0.374. The first-order chi connectivity index (χ1) is 10.6. The molecule has 1 unspecified atom stereocenters. The largest absolute Gasteiger partial charge is 0.451 e. The van der Waals surface area contributed by atoms with E-state index in [1.807, 2.05) is 33.0 Å². The molecule has 0 N–H and O–H groups in total. The molecule has 1 fully saturated rings. The molecule has 0 radical (unpaired) electrons. The Balaban J connectivity index is 1.80. The maximum Gasteiger partial charge on any atom is 0.289 e. The van der Waals surface area contributed by atoms with Gasteiger partial charge < -0.3 is 14.1 Å². The van der Waals surface area contributed by atoms with Crippen LogP contribution < -0.4 is 0 Å². The summed E-state index contributed by atoms with van der Waals surface area (Å²) in [5, 5.41) is 1.02. The molecule has 1 amide bonds. The zero-order chi connectivity index (χ0) is 15.7. The number of amides is 1. The Labute approximate surface area is 131 Å². The lowest BCUT2D eigenvalue weighted by molar-refractivity contribution is -0.000692. The van der Waals surface area contributed by atoms with Gasteiger partial charge in [-0.3, -0.25) is 4.79 Å². The summed E-state index contributed by atoms with van der Waals surface area (Å²) in [6, 6.07) is 5.99. The molecule has 1 aromatic heterocycles. The zero-order valence-electron chi connectivity index (χ0n) is 13.5. The Kier molecular flexibility index (Phi) is 4.21. The fourth-order valence-electron chi connectivity index (χ4n) is 3.05. The quantitative estimate of drug-likeness (QED) is 0.868. The lowest BCUT2D eigenvalue weighted by atomic mass is 10.1. The molecule has 3 rings (SSSR count). The van der Waals surface area contributed by atoms with E-state index in [1.165, 1.54) is 12.0 Å². The highest BCUT2D eigenvalue weighted by molar-refractivity contribution is 5.98. The third kappa shape index (κ3) is 2.88. The lowest BCUT2D eigenvalue weighted by Crippen LogP contribution is -2.37. The summed E-state index contributed by atoms with van der Waals surface area (Å²) in [7, 11) is 1.82. The van der Waals surface area contributed by atoms with Crippen molar-refractivity contribution in [2.45, 2.75) is 39.2 Å². The fourth-order valence-corrected chi connectivity index (χ4v) is 3.05. The van der Waals surface area contributed by atoms with E-state index in [9.17, 15) is 4.79 Å². The molecule has 1 atom stereocenters. The van der Waals surface area contributed by atoms with Crippen LogP contribution in [0.2, 0.25) is 0 Å². The number of benzene rings is 1. The monoisotopic (exact) mass is 301 g/mol. The number of nitrogens with zero attached hydrogens (tertiary/aromatic N) is 1. The van der Waals surface area contributed by atoms with Crippen molar-refractivity contribution in [3.8, 4) is 0 Å². The second kappa shape index (κ2) is 6.13. The fraction of sp³-hybridized carbons (Fsp3) is 0.500. The molecule has 1 saturated heterocycles. The van der Waals surface area contributed by atoms with E-state index in [0.717, 1.165) is 36.0 Å². The highest BCUT2D eigenvalue weighted by Gasteiger charge is 2.24. The summed E-state index contributed by atoms with van der Waals surface area (Å²) in [4.78, 5) is 14.4. The van der Waals surface area contributed by atoms with E-state index < -0.39 is 0 Å². The van der Waals surface area contributed by atoms with Crippen LogP contribution in [-0.2, 0) is 4.74 Å². The van der Waals surface area contributed by atoms with Gasteiger partial charge in [-0.25, -0.2) is 0 Å². The van der Waals surface area contributed by atoms with Gasteiger partial charge in [-0.2, -0.15) is 0 Å². The Morgan fingerprint density at radius 3 is 2.86 bits per heavy atom. The van der Waals surface area contributed by atoms with Crippen LogP contribution in [0.15, 0.2) is 22.6 Å². The van der Waals surface area contributed by atoms with E-state index in [1.54, 1.807) is 4.90 Å². The average molecular weight is 301 g/mol. The van der Waals surface area contributed by atoms with Gasteiger partial charge in [0, 0.05) is 31.1 Å². The van der Waals surface area contributed by atoms with Crippen LogP contribution in [0.4, 0.5) is 0 Å². The first-order valence-corrected chi connectivity index (χ1v) is 7.93. The van der Waals surface area contributed by atoms with E-state index in [4.69, 9.17) is 9.15 Å². The van der Waals surface area contributed by atoms with Crippen molar-refractivity contribution in [1.82, 2.24) is 4.90 Å². The first-order valence-electron chi connectivity index (χ1n) is 7.93. The molecule has 4 nitrogen and oxygen atoms in total. The third-order valence-corrected chi connectivity index (χ3v) is 4.38. The number of fused-ring (bicyclic) bond motifs is 1. The summed E-state index contributed by atoms with van der Waals surface area (Å²) in [6.07, 6.45) is 3.47. The summed E-state index contributed by atoms with van der Waals surface area (Å²) in [6.45, 7) is 5.41.